The number of carbonyl (C=O) groups is 1. The van der Waals surface area contributed by atoms with E-state index in [0.29, 0.717) is 6.04 Å². The maximum absolute atomic E-state index is 11.0. The molecule has 0 radical (unpaired) electrons. The number of allylic oxidation sites excluding steroid dienone is 1. The molecule has 0 bridgehead atoms. The lowest BCUT2D eigenvalue weighted by atomic mass is 10.2. The fourth-order valence-electron chi connectivity index (χ4n) is 2.20. The summed E-state index contributed by atoms with van der Waals surface area (Å²) in [4.78, 5) is 13.2. The van der Waals surface area contributed by atoms with Gasteiger partial charge in [-0.05, 0) is 24.5 Å². The Morgan fingerprint density at radius 1 is 1.67 bits per heavy atom. The van der Waals surface area contributed by atoms with Crippen LogP contribution < -0.4 is 5.73 Å². The molecule has 3 aliphatic rings. The van der Waals surface area contributed by atoms with E-state index >= 15 is 0 Å². The van der Waals surface area contributed by atoms with Gasteiger partial charge in [-0.15, -0.1) is 0 Å². The fraction of sp³-hybridized carbons (Fsp3) is 0.444. The van der Waals surface area contributed by atoms with E-state index in [2.05, 4.69) is 17.1 Å². The SMILES string of the molecule is NC(=O)C1CC=C2C=C3CC3N21. The maximum Gasteiger partial charge on any atom is 0.240 e. The van der Waals surface area contributed by atoms with Gasteiger partial charge in [-0.2, -0.15) is 0 Å². The summed E-state index contributed by atoms with van der Waals surface area (Å²) in [5.74, 6) is -0.192. The summed E-state index contributed by atoms with van der Waals surface area (Å²) >= 11 is 0. The highest BCUT2D eigenvalue weighted by molar-refractivity contribution is 5.82. The summed E-state index contributed by atoms with van der Waals surface area (Å²) in [6.07, 6.45) is 6.23. The molecule has 3 rings (SSSR count). The van der Waals surface area contributed by atoms with Gasteiger partial charge in [0, 0.05) is 5.70 Å². The Balaban J connectivity index is 1.95. The van der Waals surface area contributed by atoms with Crippen LogP contribution in [-0.2, 0) is 4.79 Å². The number of hydrogen-bond donors (Lipinski definition) is 1. The summed E-state index contributed by atoms with van der Waals surface area (Å²) in [6, 6.07) is 0.456. The average Bonchev–Trinajstić information content (AvgIpc) is 2.53. The van der Waals surface area contributed by atoms with Crippen molar-refractivity contribution in [3.8, 4) is 0 Å². The summed E-state index contributed by atoms with van der Waals surface area (Å²) in [7, 11) is 0. The van der Waals surface area contributed by atoms with Gasteiger partial charge in [0.15, 0.2) is 0 Å². The third-order valence-corrected chi connectivity index (χ3v) is 2.88. The number of fused-ring (bicyclic) bond motifs is 3. The van der Waals surface area contributed by atoms with Crippen LogP contribution in [0.15, 0.2) is 23.4 Å². The van der Waals surface area contributed by atoms with Gasteiger partial charge in [-0.25, -0.2) is 0 Å². The lowest BCUT2D eigenvalue weighted by Crippen LogP contribution is -2.40. The average molecular weight is 162 g/mol. The van der Waals surface area contributed by atoms with Crippen molar-refractivity contribution in [1.29, 1.82) is 0 Å². The first-order chi connectivity index (χ1) is 5.77. The largest absolute Gasteiger partial charge is 0.368 e. The second kappa shape index (κ2) is 1.73. The van der Waals surface area contributed by atoms with Gasteiger partial charge < -0.3 is 10.6 Å². The number of nitrogens with zero attached hydrogens (tertiary/aromatic N) is 1. The Morgan fingerprint density at radius 3 is 3.25 bits per heavy atom. The molecule has 2 N–H and O–H groups in total. The van der Waals surface area contributed by atoms with Crippen LogP contribution in [0.2, 0.25) is 0 Å². The number of amides is 1. The second-order valence-electron chi connectivity index (χ2n) is 3.63. The van der Waals surface area contributed by atoms with E-state index in [1.807, 2.05) is 0 Å². The van der Waals surface area contributed by atoms with E-state index in [1.165, 1.54) is 11.3 Å². The molecule has 12 heavy (non-hydrogen) atoms. The first kappa shape index (κ1) is 6.29. The third-order valence-electron chi connectivity index (χ3n) is 2.88. The molecule has 1 amide bonds. The topological polar surface area (TPSA) is 46.3 Å². The molecule has 1 saturated carbocycles. The Hall–Kier alpha value is -1.25. The van der Waals surface area contributed by atoms with Crippen molar-refractivity contribution in [2.24, 2.45) is 5.73 Å². The van der Waals surface area contributed by atoms with E-state index in [9.17, 15) is 4.79 Å². The molecule has 3 heteroatoms. The van der Waals surface area contributed by atoms with Crippen LogP contribution in [0.5, 0.6) is 0 Å². The lowest BCUT2D eigenvalue weighted by molar-refractivity contribution is -0.122. The smallest absolute Gasteiger partial charge is 0.240 e. The van der Waals surface area contributed by atoms with Crippen molar-refractivity contribution in [2.75, 3.05) is 0 Å². The van der Waals surface area contributed by atoms with Crippen LogP contribution >= 0.6 is 0 Å². The maximum atomic E-state index is 11.0. The van der Waals surface area contributed by atoms with Gasteiger partial charge in [-0.3, -0.25) is 4.79 Å². The highest BCUT2D eigenvalue weighted by Gasteiger charge is 2.48. The van der Waals surface area contributed by atoms with Gasteiger partial charge in [0.25, 0.3) is 0 Å². The molecule has 2 heterocycles. The van der Waals surface area contributed by atoms with Gasteiger partial charge >= 0.3 is 0 Å². The molecular formula is C9H10N2O. The van der Waals surface area contributed by atoms with E-state index in [1.54, 1.807) is 0 Å². The van der Waals surface area contributed by atoms with Crippen molar-refractivity contribution in [2.45, 2.75) is 24.9 Å². The predicted molar refractivity (Wildman–Crippen MR) is 44.0 cm³/mol. The first-order valence-electron chi connectivity index (χ1n) is 4.25. The third kappa shape index (κ3) is 0.594. The molecule has 62 valence electrons. The summed E-state index contributed by atoms with van der Waals surface area (Å²) in [5, 5.41) is 0. The number of rotatable bonds is 1. The molecule has 1 fully saturated rings. The van der Waals surface area contributed by atoms with Gasteiger partial charge in [0.1, 0.15) is 6.04 Å². The van der Waals surface area contributed by atoms with Crippen LogP contribution in [0.3, 0.4) is 0 Å². The quantitative estimate of drug-likeness (QED) is 0.596. The first-order valence-corrected chi connectivity index (χ1v) is 4.25. The van der Waals surface area contributed by atoms with Crippen LogP contribution in [0.25, 0.3) is 0 Å². The molecule has 0 aromatic rings. The fourth-order valence-corrected chi connectivity index (χ4v) is 2.20. The summed E-state index contributed by atoms with van der Waals surface area (Å²) < 4.78 is 0. The monoisotopic (exact) mass is 162 g/mol. The molecule has 1 aliphatic carbocycles. The van der Waals surface area contributed by atoms with Crippen molar-refractivity contribution in [1.82, 2.24) is 4.90 Å². The Morgan fingerprint density at radius 2 is 2.50 bits per heavy atom. The van der Waals surface area contributed by atoms with Crippen molar-refractivity contribution >= 4 is 5.91 Å². The standard InChI is InChI=1S/C9H10N2O/c10-9(12)7-2-1-6-3-5-4-8(5)11(6)7/h1,3,7-8H,2,4H2,(H2,10,12). The van der Waals surface area contributed by atoms with Crippen molar-refractivity contribution in [3.05, 3.63) is 23.4 Å². The molecule has 0 spiro atoms. The van der Waals surface area contributed by atoms with Gasteiger partial charge in [0.05, 0.1) is 6.04 Å². The molecule has 0 aromatic heterocycles. The van der Waals surface area contributed by atoms with Crippen molar-refractivity contribution in [3.63, 3.8) is 0 Å². The van der Waals surface area contributed by atoms with E-state index < -0.39 is 0 Å². The van der Waals surface area contributed by atoms with Crippen molar-refractivity contribution < 1.29 is 4.79 Å². The molecule has 0 aromatic carbocycles. The van der Waals surface area contributed by atoms with Crippen LogP contribution in [0, 0.1) is 0 Å². The minimum atomic E-state index is -0.192. The minimum Gasteiger partial charge on any atom is -0.368 e. The number of primary amides is 1. The molecule has 3 nitrogen and oxygen atoms in total. The van der Waals surface area contributed by atoms with Crippen LogP contribution in [0.4, 0.5) is 0 Å². The second-order valence-corrected chi connectivity index (χ2v) is 3.63. The summed E-state index contributed by atoms with van der Waals surface area (Å²) in [5.41, 5.74) is 7.98. The van der Waals surface area contributed by atoms with Crippen LogP contribution in [-0.4, -0.2) is 22.9 Å². The molecule has 2 unspecified atom stereocenters. The van der Waals surface area contributed by atoms with Crippen LogP contribution in [0.1, 0.15) is 12.8 Å². The summed E-state index contributed by atoms with van der Waals surface area (Å²) in [6.45, 7) is 0. The number of carbonyl (C=O) groups excluding carboxylic acids is 1. The van der Waals surface area contributed by atoms with Gasteiger partial charge in [-0.1, -0.05) is 6.08 Å². The molecule has 2 atom stereocenters. The zero-order valence-electron chi connectivity index (χ0n) is 6.66. The number of nitrogens with two attached hydrogens (primary N) is 1. The van der Waals surface area contributed by atoms with Gasteiger partial charge in [0.2, 0.25) is 5.91 Å². The highest BCUT2D eigenvalue weighted by Crippen LogP contribution is 2.48. The normalized spacial score (nSPS) is 35.5. The van der Waals surface area contributed by atoms with E-state index in [0.717, 1.165) is 12.8 Å². The lowest BCUT2D eigenvalue weighted by Gasteiger charge is -2.23. The van der Waals surface area contributed by atoms with E-state index in [-0.39, 0.29) is 11.9 Å². The van der Waals surface area contributed by atoms with E-state index in [4.69, 9.17) is 5.73 Å². The number of hydrogen-bond acceptors (Lipinski definition) is 2. The zero-order valence-corrected chi connectivity index (χ0v) is 6.66. The Bertz CT molecular complexity index is 329. The minimum absolute atomic E-state index is 0.0683. The Labute approximate surface area is 70.5 Å². The molecule has 2 aliphatic heterocycles. The zero-order chi connectivity index (χ0) is 8.29. The molecule has 0 saturated heterocycles. The molecular weight excluding hydrogens is 152 g/mol. The Kier molecular flexibility index (Phi) is 0.908. The predicted octanol–water partition coefficient (Wildman–Crippen LogP) is 0.142. The highest BCUT2D eigenvalue weighted by atomic mass is 16.1.